The van der Waals surface area contributed by atoms with E-state index in [-0.39, 0.29) is 0 Å². The van der Waals surface area contributed by atoms with Crippen LogP contribution < -0.4 is 4.90 Å². The number of nitriles is 1. The van der Waals surface area contributed by atoms with Crippen LogP contribution in [-0.4, -0.2) is 11.5 Å². The standard InChI is InChI=1S/C15H15N3/c1-3-18(14-6-4-5-12(2)9-14)15-7-8-17-13(10-15)11-16/h4-10H,3H2,1-2H3. The maximum absolute atomic E-state index is 8.90. The molecule has 0 N–H and O–H groups in total. The van der Waals surface area contributed by atoms with Gasteiger partial charge in [0.2, 0.25) is 0 Å². The van der Waals surface area contributed by atoms with Crippen molar-refractivity contribution in [2.45, 2.75) is 13.8 Å². The molecule has 2 rings (SSSR count). The number of hydrogen-bond acceptors (Lipinski definition) is 3. The van der Waals surface area contributed by atoms with Gasteiger partial charge in [-0.3, -0.25) is 0 Å². The summed E-state index contributed by atoms with van der Waals surface area (Å²) >= 11 is 0. The average Bonchev–Trinajstić information content (AvgIpc) is 2.40. The van der Waals surface area contributed by atoms with E-state index in [1.807, 2.05) is 18.2 Å². The van der Waals surface area contributed by atoms with Crippen LogP contribution in [0.5, 0.6) is 0 Å². The molecule has 0 atom stereocenters. The van der Waals surface area contributed by atoms with Gasteiger partial charge < -0.3 is 4.90 Å². The fourth-order valence-electron chi connectivity index (χ4n) is 1.96. The number of rotatable bonds is 3. The molecule has 3 nitrogen and oxygen atoms in total. The topological polar surface area (TPSA) is 39.9 Å². The second kappa shape index (κ2) is 5.33. The van der Waals surface area contributed by atoms with Crippen molar-refractivity contribution in [3.8, 4) is 6.07 Å². The Hall–Kier alpha value is -2.34. The second-order valence-electron chi connectivity index (χ2n) is 4.09. The van der Waals surface area contributed by atoms with Crippen LogP contribution in [0.2, 0.25) is 0 Å². The molecular weight excluding hydrogens is 222 g/mol. The summed E-state index contributed by atoms with van der Waals surface area (Å²) < 4.78 is 0. The Morgan fingerprint density at radius 1 is 1.22 bits per heavy atom. The number of aromatic nitrogens is 1. The SMILES string of the molecule is CCN(c1cccc(C)c1)c1ccnc(C#N)c1. The number of nitrogens with zero attached hydrogens (tertiary/aromatic N) is 3. The summed E-state index contributed by atoms with van der Waals surface area (Å²) in [7, 11) is 0. The summed E-state index contributed by atoms with van der Waals surface area (Å²) in [4.78, 5) is 6.16. The molecule has 0 aliphatic rings. The monoisotopic (exact) mass is 237 g/mol. The van der Waals surface area contributed by atoms with Crippen molar-refractivity contribution in [3.63, 3.8) is 0 Å². The first kappa shape index (κ1) is 12.1. The molecule has 3 heteroatoms. The molecule has 0 amide bonds. The van der Waals surface area contributed by atoms with Gasteiger partial charge in [0.25, 0.3) is 0 Å². The lowest BCUT2D eigenvalue weighted by Crippen LogP contribution is -2.16. The molecule has 1 aromatic heterocycles. The van der Waals surface area contributed by atoms with Gasteiger partial charge in [-0.05, 0) is 43.7 Å². The molecule has 0 saturated heterocycles. The molecule has 0 aliphatic carbocycles. The third-order valence-electron chi connectivity index (χ3n) is 2.80. The van der Waals surface area contributed by atoms with E-state index in [0.29, 0.717) is 5.69 Å². The van der Waals surface area contributed by atoms with E-state index in [0.717, 1.165) is 17.9 Å². The summed E-state index contributed by atoms with van der Waals surface area (Å²) in [6, 6.07) is 14.1. The van der Waals surface area contributed by atoms with Gasteiger partial charge >= 0.3 is 0 Å². The Kier molecular flexibility index (Phi) is 3.59. The maximum Gasteiger partial charge on any atom is 0.142 e. The highest BCUT2D eigenvalue weighted by molar-refractivity contribution is 5.64. The smallest absolute Gasteiger partial charge is 0.142 e. The normalized spacial score (nSPS) is 9.83. The number of benzene rings is 1. The lowest BCUT2D eigenvalue weighted by molar-refractivity contribution is 1.02. The number of pyridine rings is 1. The highest BCUT2D eigenvalue weighted by atomic mass is 15.1. The van der Waals surface area contributed by atoms with E-state index in [1.54, 1.807) is 6.20 Å². The Labute approximate surface area is 107 Å². The molecular formula is C15H15N3. The van der Waals surface area contributed by atoms with Crippen LogP contribution >= 0.6 is 0 Å². The van der Waals surface area contributed by atoms with Crippen molar-refractivity contribution in [1.82, 2.24) is 4.98 Å². The van der Waals surface area contributed by atoms with Gasteiger partial charge in [-0.25, -0.2) is 4.98 Å². The molecule has 0 spiro atoms. The lowest BCUT2D eigenvalue weighted by atomic mass is 10.2. The Balaban J connectivity index is 2.42. The minimum absolute atomic E-state index is 0.443. The van der Waals surface area contributed by atoms with Gasteiger partial charge in [0, 0.05) is 24.1 Å². The number of hydrogen-bond donors (Lipinski definition) is 0. The predicted molar refractivity (Wildman–Crippen MR) is 72.8 cm³/mol. The van der Waals surface area contributed by atoms with Crippen LogP contribution in [0.15, 0.2) is 42.6 Å². The van der Waals surface area contributed by atoms with Crippen LogP contribution in [0.3, 0.4) is 0 Å². The van der Waals surface area contributed by atoms with Gasteiger partial charge in [-0.1, -0.05) is 12.1 Å². The second-order valence-corrected chi connectivity index (χ2v) is 4.09. The van der Waals surface area contributed by atoms with Gasteiger partial charge in [0.1, 0.15) is 11.8 Å². The molecule has 1 aromatic carbocycles. The summed E-state index contributed by atoms with van der Waals surface area (Å²) in [6.07, 6.45) is 1.67. The van der Waals surface area contributed by atoms with Crippen LogP contribution in [0.4, 0.5) is 11.4 Å². The average molecular weight is 237 g/mol. The van der Waals surface area contributed by atoms with E-state index in [4.69, 9.17) is 5.26 Å². The fraction of sp³-hybridized carbons (Fsp3) is 0.200. The first-order valence-electron chi connectivity index (χ1n) is 5.95. The van der Waals surface area contributed by atoms with Crippen LogP contribution in [0.1, 0.15) is 18.2 Å². The summed E-state index contributed by atoms with van der Waals surface area (Å²) in [6.45, 7) is 5.01. The molecule has 90 valence electrons. The molecule has 18 heavy (non-hydrogen) atoms. The Bertz CT molecular complexity index is 584. The van der Waals surface area contributed by atoms with Crippen LogP contribution in [-0.2, 0) is 0 Å². The molecule has 0 unspecified atom stereocenters. The lowest BCUT2D eigenvalue weighted by Gasteiger charge is -2.23. The minimum Gasteiger partial charge on any atom is -0.342 e. The summed E-state index contributed by atoms with van der Waals surface area (Å²) in [5, 5.41) is 8.90. The third kappa shape index (κ3) is 2.49. The predicted octanol–water partition coefficient (Wildman–Crippen LogP) is 3.42. The van der Waals surface area contributed by atoms with Crippen molar-refractivity contribution < 1.29 is 0 Å². The minimum atomic E-state index is 0.443. The van der Waals surface area contributed by atoms with E-state index in [2.05, 4.69) is 48.0 Å². The first-order valence-corrected chi connectivity index (χ1v) is 5.95. The van der Waals surface area contributed by atoms with Crippen molar-refractivity contribution in [2.75, 3.05) is 11.4 Å². The van der Waals surface area contributed by atoms with Crippen LogP contribution in [0.25, 0.3) is 0 Å². The molecule has 0 saturated carbocycles. The van der Waals surface area contributed by atoms with Gasteiger partial charge in [0.15, 0.2) is 0 Å². The molecule has 0 radical (unpaired) electrons. The molecule has 0 fully saturated rings. The van der Waals surface area contributed by atoms with E-state index >= 15 is 0 Å². The highest BCUT2D eigenvalue weighted by Crippen LogP contribution is 2.25. The molecule has 0 bridgehead atoms. The Morgan fingerprint density at radius 2 is 2.00 bits per heavy atom. The molecule has 0 aliphatic heterocycles. The molecule has 2 aromatic rings. The Morgan fingerprint density at radius 3 is 2.67 bits per heavy atom. The van der Waals surface area contributed by atoms with E-state index in [1.165, 1.54) is 5.56 Å². The quantitative estimate of drug-likeness (QED) is 0.821. The zero-order valence-electron chi connectivity index (χ0n) is 10.6. The van der Waals surface area contributed by atoms with Gasteiger partial charge in [-0.2, -0.15) is 5.26 Å². The van der Waals surface area contributed by atoms with Crippen molar-refractivity contribution >= 4 is 11.4 Å². The maximum atomic E-state index is 8.90. The van der Waals surface area contributed by atoms with E-state index in [9.17, 15) is 0 Å². The van der Waals surface area contributed by atoms with Crippen molar-refractivity contribution in [1.29, 1.82) is 5.26 Å². The van der Waals surface area contributed by atoms with Gasteiger partial charge in [-0.15, -0.1) is 0 Å². The van der Waals surface area contributed by atoms with E-state index < -0.39 is 0 Å². The zero-order valence-corrected chi connectivity index (χ0v) is 10.6. The zero-order chi connectivity index (χ0) is 13.0. The summed E-state index contributed by atoms with van der Waals surface area (Å²) in [5.74, 6) is 0. The fourth-order valence-corrected chi connectivity index (χ4v) is 1.96. The van der Waals surface area contributed by atoms with Gasteiger partial charge in [0.05, 0.1) is 0 Å². The molecule has 1 heterocycles. The highest BCUT2D eigenvalue weighted by Gasteiger charge is 2.08. The number of aryl methyl sites for hydroxylation is 1. The largest absolute Gasteiger partial charge is 0.342 e. The van der Waals surface area contributed by atoms with Crippen molar-refractivity contribution in [2.24, 2.45) is 0 Å². The summed E-state index contributed by atoms with van der Waals surface area (Å²) in [5.41, 5.74) is 3.79. The van der Waals surface area contributed by atoms with Crippen molar-refractivity contribution in [3.05, 3.63) is 53.9 Å². The van der Waals surface area contributed by atoms with Crippen LogP contribution in [0, 0.1) is 18.3 Å². The third-order valence-corrected chi connectivity index (χ3v) is 2.80. The first-order chi connectivity index (χ1) is 8.74. The number of anilines is 2.